The summed E-state index contributed by atoms with van der Waals surface area (Å²) in [5.74, 6) is 1.25. The molecule has 2 aromatic heterocycles. The maximum absolute atomic E-state index is 12.1. The Labute approximate surface area is 118 Å². The molecule has 4 nitrogen and oxygen atoms in total. The average molecular weight is 305 g/mol. The van der Waals surface area contributed by atoms with Crippen LogP contribution in [0.1, 0.15) is 17.6 Å². The second-order valence-corrected chi connectivity index (χ2v) is 5.25. The smallest absolute Gasteiger partial charge is 0.441 e. The highest BCUT2D eigenvalue weighted by molar-refractivity contribution is 8.00. The van der Waals surface area contributed by atoms with Gasteiger partial charge in [-0.15, -0.1) is 0 Å². The van der Waals surface area contributed by atoms with E-state index in [1.165, 1.54) is 6.26 Å². The Morgan fingerprint density at radius 2 is 2.30 bits per heavy atom. The lowest BCUT2D eigenvalue weighted by molar-refractivity contribution is -0.0327. The van der Waals surface area contributed by atoms with Crippen molar-refractivity contribution in [2.75, 3.05) is 12.3 Å². The van der Waals surface area contributed by atoms with Gasteiger partial charge in [-0.25, -0.2) is 4.98 Å². The Bertz CT molecular complexity index is 524. The van der Waals surface area contributed by atoms with Gasteiger partial charge in [0.15, 0.2) is 0 Å². The fourth-order valence-electron chi connectivity index (χ4n) is 1.80. The van der Waals surface area contributed by atoms with Crippen molar-refractivity contribution in [3.8, 4) is 0 Å². The molecular weight excluding hydrogens is 291 g/mol. The summed E-state index contributed by atoms with van der Waals surface area (Å²) in [5, 5.41) is 3.04. The van der Waals surface area contributed by atoms with E-state index in [0.29, 0.717) is 11.6 Å². The van der Waals surface area contributed by atoms with Crippen molar-refractivity contribution < 1.29 is 17.6 Å². The summed E-state index contributed by atoms with van der Waals surface area (Å²) >= 11 is -0.0461. The zero-order valence-electron chi connectivity index (χ0n) is 10.7. The van der Waals surface area contributed by atoms with Gasteiger partial charge in [-0.05, 0) is 23.9 Å². The summed E-state index contributed by atoms with van der Waals surface area (Å²) in [5.41, 5.74) is -4.20. The molecule has 0 saturated carbocycles. The molecule has 0 fully saturated rings. The lowest BCUT2D eigenvalue weighted by atomic mass is 10.2. The number of alkyl halides is 3. The van der Waals surface area contributed by atoms with Crippen LogP contribution in [0.15, 0.2) is 35.2 Å². The van der Waals surface area contributed by atoms with E-state index in [0.717, 1.165) is 0 Å². The summed E-state index contributed by atoms with van der Waals surface area (Å²) in [4.78, 5) is 4.21. The number of nitrogens with zero attached hydrogens (tertiary/aromatic N) is 2. The van der Waals surface area contributed by atoms with Crippen LogP contribution >= 0.6 is 11.8 Å². The summed E-state index contributed by atoms with van der Waals surface area (Å²) in [6.45, 7) is 0.197. The first-order chi connectivity index (χ1) is 9.47. The van der Waals surface area contributed by atoms with Crippen LogP contribution in [0.25, 0.3) is 0 Å². The van der Waals surface area contributed by atoms with Crippen LogP contribution in [0, 0.1) is 0 Å². The molecule has 2 rings (SSSR count). The Morgan fingerprint density at radius 1 is 1.50 bits per heavy atom. The minimum absolute atomic E-state index is 0.0461. The van der Waals surface area contributed by atoms with Crippen LogP contribution in [-0.4, -0.2) is 27.4 Å². The number of hydrogen-bond donors (Lipinski definition) is 1. The van der Waals surface area contributed by atoms with E-state index in [1.807, 2.05) is 7.05 Å². The number of aromatic nitrogens is 2. The number of halogens is 3. The van der Waals surface area contributed by atoms with Crippen molar-refractivity contribution in [1.29, 1.82) is 0 Å². The number of imidazole rings is 1. The minimum Gasteiger partial charge on any atom is -0.467 e. The van der Waals surface area contributed by atoms with Crippen molar-refractivity contribution in [3.05, 3.63) is 42.4 Å². The minimum atomic E-state index is -4.20. The van der Waals surface area contributed by atoms with Crippen molar-refractivity contribution in [1.82, 2.24) is 14.9 Å². The number of furan rings is 1. The monoisotopic (exact) mass is 305 g/mol. The van der Waals surface area contributed by atoms with Crippen molar-refractivity contribution in [3.63, 3.8) is 0 Å². The van der Waals surface area contributed by atoms with Crippen LogP contribution in [0.3, 0.4) is 0 Å². The normalized spacial score (nSPS) is 13.6. The molecule has 0 spiro atoms. The lowest BCUT2D eigenvalue weighted by Gasteiger charge is -2.16. The van der Waals surface area contributed by atoms with E-state index in [-0.39, 0.29) is 30.1 Å². The Balaban J connectivity index is 2.00. The van der Waals surface area contributed by atoms with E-state index in [4.69, 9.17) is 4.42 Å². The number of hydrogen-bond acceptors (Lipinski definition) is 4. The van der Waals surface area contributed by atoms with Gasteiger partial charge in [0.25, 0.3) is 0 Å². The Morgan fingerprint density at radius 3 is 2.85 bits per heavy atom. The summed E-state index contributed by atoms with van der Waals surface area (Å²) in [6, 6.07) is 3.14. The zero-order chi connectivity index (χ0) is 14.6. The maximum atomic E-state index is 12.1. The van der Waals surface area contributed by atoms with Gasteiger partial charge >= 0.3 is 5.51 Å². The van der Waals surface area contributed by atoms with Crippen LogP contribution in [-0.2, 0) is 7.05 Å². The average Bonchev–Trinajstić information content (AvgIpc) is 3.00. The molecule has 0 aliphatic carbocycles. The summed E-state index contributed by atoms with van der Waals surface area (Å²) in [7, 11) is 1.82. The molecule has 0 aliphatic rings. The molecule has 0 saturated heterocycles. The molecule has 1 atom stereocenters. The van der Waals surface area contributed by atoms with Gasteiger partial charge in [0.05, 0.1) is 6.26 Å². The highest BCUT2D eigenvalue weighted by Gasteiger charge is 2.28. The van der Waals surface area contributed by atoms with E-state index < -0.39 is 5.51 Å². The summed E-state index contributed by atoms with van der Waals surface area (Å²) < 4.78 is 43.4. The predicted molar refractivity (Wildman–Crippen MR) is 70.3 cm³/mol. The number of thioether (sulfide) groups is 1. The van der Waals surface area contributed by atoms with E-state index in [2.05, 4.69) is 10.3 Å². The maximum Gasteiger partial charge on any atom is 0.441 e. The van der Waals surface area contributed by atoms with Gasteiger partial charge in [0, 0.05) is 31.7 Å². The van der Waals surface area contributed by atoms with Crippen LogP contribution in [0.4, 0.5) is 13.2 Å². The molecule has 0 aromatic carbocycles. The zero-order valence-corrected chi connectivity index (χ0v) is 11.5. The van der Waals surface area contributed by atoms with Gasteiger partial charge in [-0.1, -0.05) is 0 Å². The largest absolute Gasteiger partial charge is 0.467 e. The first kappa shape index (κ1) is 15.0. The van der Waals surface area contributed by atoms with Crippen LogP contribution in [0.2, 0.25) is 0 Å². The topological polar surface area (TPSA) is 43.0 Å². The molecule has 8 heteroatoms. The third-order valence-corrected chi connectivity index (χ3v) is 3.40. The van der Waals surface area contributed by atoms with Gasteiger partial charge < -0.3 is 14.3 Å². The van der Waals surface area contributed by atoms with Crippen molar-refractivity contribution in [2.24, 2.45) is 7.05 Å². The summed E-state index contributed by atoms with van der Waals surface area (Å²) in [6.07, 6.45) is 4.94. The number of aryl methyl sites for hydroxylation is 1. The van der Waals surface area contributed by atoms with Gasteiger partial charge in [-0.3, -0.25) is 0 Å². The van der Waals surface area contributed by atoms with Gasteiger partial charge in [0.1, 0.15) is 17.6 Å². The second-order valence-electron chi connectivity index (χ2n) is 4.09. The predicted octanol–water partition coefficient (Wildman–Crippen LogP) is 2.95. The number of rotatable bonds is 6. The Hall–Kier alpha value is -1.41. The highest BCUT2D eigenvalue weighted by atomic mass is 32.2. The molecule has 0 aliphatic heterocycles. The standard InChI is InChI=1S/C12H14F3N3OS/c1-18-6-4-17-11(18)10(9-3-2-7-19-9)16-5-8-20-12(13,14)15/h2-4,6-7,10,16H,5,8H2,1H3. The fourth-order valence-corrected chi connectivity index (χ4v) is 2.25. The highest BCUT2D eigenvalue weighted by Crippen LogP contribution is 2.29. The molecule has 2 heterocycles. The van der Waals surface area contributed by atoms with Crippen LogP contribution < -0.4 is 5.32 Å². The second kappa shape index (κ2) is 6.36. The molecule has 0 bridgehead atoms. The number of nitrogens with one attached hydrogen (secondary N) is 1. The molecule has 1 N–H and O–H groups in total. The van der Waals surface area contributed by atoms with E-state index >= 15 is 0 Å². The third-order valence-electron chi connectivity index (χ3n) is 2.66. The quantitative estimate of drug-likeness (QED) is 0.833. The molecule has 110 valence electrons. The molecule has 0 radical (unpaired) electrons. The van der Waals surface area contributed by atoms with Crippen molar-refractivity contribution in [2.45, 2.75) is 11.6 Å². The lowest BCUT2D eigenvalue weighted by Crippen LogP contribution is -2.27. The molecular formula is C12H14F3N3OS. The Kier molecular flexibility index (Phi) is 4.77. The fraction of sp³-hybridized carbons (Fsp3) is 0.417. The van der Waals surface area contributed by atoms with Gasteiger partial charge in [-0.2, -0.15) is 13.2 Å². The first-order valence-corrected chi connectivity index (χ1v) is 6.90. The van der Waals surface area contributed by atoms with E-state index in [1.54, 1.807) is 29.1 Å². The third kappa shape index (κ3) is 4.04. The van der Waals surface area contributed by atoms with Crippen LogP contribution in [0.5, 0.6) is 0 Å². The van der Waals surface area contributed by atoms with Crippen molar-refractivity contribution >= 4 is 11.8 Å². The molecule has 2 aromatic rings. The van der Waals surface area contributed by atoms with E-state index in [9.17, 15) is 13.2 Å². The molecule has 20 heavy (non-hydrogen) atoms. The van der Waals surface area contributed by atoms with Gasteiger partial charge in [0.2, 0.25) is 0 Å². The SMILES string of the molecule is Cn1ccnc1C(NCCSC(F)(F)F)c1ccco1. The molecule has 0 amide bonds. The first-order valence-electron chi connectivity index (χ1n) is 5.92. The molecule has 1 unspecified atom stereocenters.